The number of nitrogens with one attached hydrogen (secondary N) is 2. The molecule has 5 heteroatoms. The summed E-state index contributed by atoms with van der Waals surface area (Å²) < 4.78 is 5.68. The van der Waals surface area contributed by atoms with Gasteiger partial charge < -0.3 is 4.74 Å². The Morgan fingerprint density at radius 2 is 2.16 bits per heavy atom. The molecule has 1 aromatic heterocycles. The predicted molar refractivity (Wildman–Crippen MR) is 73.7 cm³/mol. The second-order valence-electron chi connectivity index (χ2n) is 4.08. The molecule has 0 spiro atoms. The van der Waals surface area contributed by atoms with Gasteiger partial charge in [-0.2, -0.15) is 0 Å². The summed E-state index contributed by atoms with van der Waals surface area (Å²) in [5, 5.41) is 1.05. The molecule has 100 valence electrons. The summed E-state index contributed by atoms with van der Waals surface area (Å²) in [6.07, 6.45) is 2.84. The molecule has 5 nitrogen and oxygen atoms in total. The maximum absolute atomic E-state index is 11.2. The highest BCUT2D eigenvalue weighted by atomic mass is 16.5. The van der Waals surface area contributed by atoms with Crippen LogP contribution in [0.2, 0.25) is 0 Å². The Morgan fingerprint density at radius 3 is 3.00 bits per heavy atom. The summed E-state index contributed by atoms with van der Waals surface area (Å²) >= 11 is 0. The molecule has 0 unspecified atom stereocenters. The maximum Gasteiger partial charge on any atom is 0.234 e. The van der Waals surface area contributed by atoms with Crippen LogP contribution in [0.5, 0.6) is 5.75 Å². The van der Waals surface area contributed by atoms with Crippen LogP contribution in [0.4, 0.5) is 0 Å². The Labute approximate surface area is 112 Å². The van der Waals surface area contributed by atoms with Crippen molar-refractivity contribution in [3.8, 4) is 5.75 Å². The minimum absolute atomic E-state index is 0.0397. The number of nitrogens with zero attached hydrogens (tertiary/aromatic N) is 1. The highest BCUT2D eigenvalue weighted by molar-refractivity contribution is 5.84. The predicted octanol–water partition coefficient (Wildman–Crippen LogP) is 1.64. The maximum atomic E-state index is 11.2. The van der Waals surface area contributed by atoms with Crippen LogP contribution in [0.25, 0.3) is 10.9 Å². The van der Waals surface area contributed by atoms with Crippen molar-refractivity contribution in [3.63, 3.8) is 0 Å². The lowest BCUT2D eigenvalue weighted by Crippen LogP contribution is -2.34. The van der Waals surface area contributed by atoms with E-state index in [-0.39, 0.29) is 5.91 Å². The third-order valence-electron chi connectivity index (χ3n) is 2.67. The molecule has 0 aliphatic rings. The lowest BCUT2D eigenvalue weighted by Gasteiger charge is -2.08. The van der Waals surface area contributed by atoms with Crippen molar-refractivity contribution < 1.29 is 9.53 Å². The summed E-state index contributed by atoms with van der Waals surface area (Å²) in [6.45, 7) is 0.493. The molecule has 1 heterocycles. The number of hydrazine groups is 1. The lowest BCUT2D eigenvalue weighted by molar-refractivity contribution is -0.122. The van der Waals surface area contributed by atoms with E-state index < -0.39 is 0 Å². The Bertz CT molecular complexity index is 552. The van der Waals surface area contributed by atoms with Crippen molar-refractivity contribution in [1.82, 2.24) is 15.8 Å². The summed E-state index contributed by atoms with van der Waals surface area (Å²) in [5.41, 5.74) is 5.97. The Morgan fingerprint density at radius 1 is 1.32 bits per heavy atom. The van der Waals surface area contributed by atoms with E-state index >= 15 is 0 Å². The van der Waals surface area contributed by atoms with Crippen LogP contribution in [0.1, 0.15) is 12.8 Å². The van der Waals surface area contributed by atoms with Crippen LogP contribution in [-0.2, 0) is 4.79 Å². The van der Waals surface area contributed by atoms with E-state index in [0.717, 1.165) is 16.7 Å². The normalized spacial score (nSPS) is 10.4. The van der Waals surface area contributed by atoms with E-state index in [0.29, 0.717) is 19.4 Å². The topological polar surface area (TPSA) is 63.2 Å². The van der Waals surface area contributed by atoms with Crippen LogP contribution in [0, 0.1) is 0 Å². The van der Waals surface area contributed by atoms with Gasteiger partial charge in [0.05, 0.1) is 6.61 Å². The number of para-hydroxylation sites is 1. The third-order valence-corrected chi connectivity index (χ3v) is 2.67. The van der Waals surface area contributed by atoms with Gasteiger partial charge in [0, 0.05) is 25.1 Å². The van der Waals surface area contributed by atoms with Crippen molar-refractivity contribution in [2.75, 3.05) is 13.7 Å². The zero-order valence-electron chi connectivity index (χ0n) is 10.8. The number of aromatic nitrogens is 1. The molecule has 0 saturated heterocycles. The molecule has 0 radical (unpaired) electrons. The summed E-state index contributed by atoms with van der Waals surface area (Å²) in [6, 6.07) is 9.72. The number of benzene rings is 1. The molecule has 0 aliphatic carbocycles. The summed E-state index contributed by atoms with van der Waals surface area (Å²) in [7, 11) is 1.66. The third kappa shape index (κ3) is 3.66. The highest BCUT2D eigenvalue weighted by Crippen LogP contribution is 2.22. The molecule has 1 amide bonds. The second-order valence-corrected chi connectivity index (χ2v) is 4.08. The van der Waals surface area contributed by atoms with Gasteiger partial charge in [-0.05, 0) is 18.6 Å². The Balaban J connectivity index is 1.90. The number of carbonyl (C=O) groups is 1. The number of hydrogen-bond acceptors (Lipinski definition) is 4. The van der Waals surface area contributed by atoms with Gasteiger partial charge in [0.2, 0.25) is 5.91 Å². The molecule has 0 saturated carbocycles. The molecule has 0 bridgehead atoms. The molecule has 1 aromatic carbocycles. The van der Waals surface area contributed by atoms with Crippen LogP contribution in [-0.4, -0.2) is 24.5 Å². The molecule has 19 heavy (non-hydrogen) atoms. The van der Waals surface area contributed by atoms with Crippen LogP contribution in [0.15, 0.2) is 36.5 Å². The van der Waals surface area contributed by atoms with Gasteiger partial charge in [-0.25, -0.2) is 5.43 Å². The number of fused-ring (bicyclic) bond motifs is 1. The smallest absolute Gasteiger partial charge is 0.234 e. The van der Waals surface area contributed by atoms with Crippen LogP contribution in [0.3, 0.4) is 0 Å². The Kier molecular flexibility index (Phi) is 4.69. The zero-order valence-corrected chi connectivity index (χ0v) is 10.8. The van der Waals surface area contributed by atoms with E-state index in [1.807, 2.05) is 30.3 Å². The average molecular weight is 259 g/mol. The molecular weight excluding hydrogens is 242 g/mol. The van der Waals surface area contributed by atoms with E-state index in [1.165, 1.54) is 0 Å². The SMILES string of the molecule is CNNC(=O)CCCOc1cccc2cccnc12. The number of pyridine rings is 1. The van der Waals surface area contributed by atoms with Crippen molar-refractivity contribution in [2.24, 2.45) is 0 Å². The fourth-order valence-electron chi connectivity index (χ4n) is 1.81. The first-order valence-electron chi connectivity index (χ1n) is 6.23. The fourth-order valence-corrected chi connectivity index (χ4v) is 1.81. The van der Waals surface area contributed by atoms with Gasteiger partial charge in [0.15, 0.2) is 0 Å². The number of rotatable bonds is 6. The molecule has 0 fully saturated rings. The summed E-state index contributed by atoms with van der Waals surface area (Å²) in [5.74, 6) is 0.717. The summed E-state index contributed by atoms with van der Waals surface area (Å²) in [4.78, 5) is 15.5. The molecule has 2 rings (SSSR count). The fraction of sp³-hybridized carbons (Fsp3) is 0.286. The highest BCUT2D eigenvalue weighted by Gasteiger charge is 2.03. The average Bonchev–Trinajstić information content (AvgIpc) is 2.44. The van der Waals surface area contributed by atoms with E-state index in [2.05, 4.69) is 15.8 Å². The Hall–Kier alpha value is -2.14. The molecule has 0 atom stereocenters. The van der Waals surface area contributed by atoms with Crippen molar-refractivity contribution in [2.45, 2.75) is 12.8 Å². The minimum Gasteiger partial charge on any atom is -0.491 e. The number of amides is 1. The first-order chi connectivity index (χ1) is 9.31. The molecule has 2 N–H and O–H groups in total. The van der Waals surface area contributed by atoms with E-state index in [1.54, 1.807) is 13.2 Å². The molecule has 2 aromatic rings. The standard InChI is InChI=1S/C14H17N3O2/c1-15-17-13(18)8-4-10-19-12-7-2-5-11-6-3-9-16-14(11)12/h2-3,5-7,9,15H,4,8,10H2,1H3,(H,17,18). The lowest BCUT2D eigenvalue weighted by atomic mass is 10.2. The number of hydrogen-bond donors (Lipinski definition) is 2. The van der Waals surface area contributed by atoms with Gasteiger partial charge >= 0.3 is 0 Å². The number of ether oxygens (including phenoxy) is 1. The van der Waals surface area contributed by atoms with E-state index in [9.17, 15) is 4.79 Å². The van der Waals surface area contributed by atoms with Gasteiger partial charge in [-0.3, -0.25) is 15.2 Å². The first-order valence-corrected chi connectivity index (χ1v) is 6.23. The van der Waals surface area contributed by atoms with Crippen LogP contribution >= 0.6 is 0 Å². The first kappa shape index (κ1) is 13.3. The van der Waals surface area contributed by atoms with Gasteiger partial charge in [0.1, 0.15) is 11.3 Å². The quantitative estimate of drug-likeness (QED) is 0.611. The molecule has 0 aliphatic heterocycles. The zero-order chi connectivity index (χ0) is 13.5. The van der Waals surface area contributed by atoms with Gasteiger partial charge in [-0.15, -0.1) is 0 Å². The van der Waals surface area contributed by atoms with Crippen molar-refractivity contribution in [1.29, 1.82) is 0 Å². The van der Waals surface area contributed by atoms with E-state index in [4.69, 9.17) is 4.74 Å². The van der Waals surface area contributed by atoms with Crippen LogP contribution < -0.4 is 15.6 Å². The minimum atomic E-state index is -0.0397. The number of carbonyl (C=O) groups excluding carboxylic acids is 1. The second kappa shape index (κ2) is 6.70. The van der Waals surface area contributed by atoms with Crippen molar-refractivity contribution >= 4 is 16.8 Å². The van der Waals surface area contributed by atoms with Crippen molar-refractivity contribution in [3.05, 3.63) is 36.5 Å². The largest absolute Gasteiger partial charge is 0.491 e. The van der Waals surface area contributed by atoms with Gasteiger partial charge in [-0.1, -0.05) is 18.2 Å². The monoisotopic (exact) mass is 259 g/mol. The molecular formula is C14H17N3O2. The van der Waals surface area contributed by atoms with Gasteiger partial charge in [0.25, 0.3) is 0 Å².